The molecule has 0 aliphatic heterocycles. The Balaban J connectivity index is 1.20. The van der Waals surface area contributed by atoms with Gasteiger partial charge in [0.05, 0.1) is 13.2 Å². The number of ether oxygens (including phenoxy) is 3. The number of carbonyl (C=O) groups excluding carboxylic acids is 2. The molecule has 0 aliphatic carbocycles. The van der Waals surface area contributed by atoms with Crippen LogP contribution < -0.4 is 9.47 Å². The average molecular weight is 629 g/mol. The SMILES string of the molecule is C=CC(C=C)OC(=O)CCCCCOc1ccc(-c2ccc(-c3ccc(-c4ccc(OCCCCCC=O)cc4)s3)s2)cc1. The van der Waals surface area contributed by atoms with Crippen molar-refractivity contribution < 1.29 is 23.8 Å². The van der Waals surface area contributed by atoms with Crippen molar-refractivity contribution in [3.8, 4) is 42.1 Å². The Bertz CT molecular complexity index is 1460. The highest BCUT2D eigenvalue weighted by molar-refractivity contribution is 7.25. The molecule has 230 valence electrons. The van der Waals surface area contributed by atoms with Gasteiger partial charge in [0.15, 0.2) is 0 Å². The van der Waals surface area contributed by atoms with E-state index in [2.05, 4.69) is 61.7 Å². The molecule has 0 unspecified atom stereocenters. The topological polar surface area (TPSA) is 61.8 Å². The predicted octanol–water partition coefficient (Wildman–Crippen LogP) is 10.2. The maximum atomic E-state index is 11.8. The number of hydrogen-bond acceptors (Lipinski definition) is 7. The normalized spacial score (nSPS) is 10.8. The molecule has 2 aromatic carbocycles. The first-order chi connectivity index (χ1) is 21.6. The van der Waals surface area contributed by atoms with Crippen LogP contribution in [0.2, 0.25) is 0 Å². The number of rotatable bonds is 20. The van der Waals surface area contributed by atoms with E-state index in [-0.39, 0.29) is 5.97 Å². The van der Waals surface area contributed by atoms with Gasteiger partial charge in [0.2, 0.25) is 0 Å². The maximum Gasteiger partial charge on any atom is 0.306 e. The Hall–Kier alpha value is -3.94. The molecule has 0 saturated carbocycles. The van der Waals surface area contributed by atoms with Crippen molar-refractivity contribution in [1.29, 1.82) is 0 Å². The van der Waals surface area contributed by atoms with Crippen LogP contribution in [0, 0.1) is 0 Å². The average Bonchev–Trinajstić information content (AvgIpc) is 3.75. The summed E-state index contributed by atoms with van der Waals surface area (Å²) in [6, 6.07) is 25.3. The minimum absolute atomic E-state index is 0.227. The van der Waals surface area contributed by atoms with Crippen molar-refractivity contribution in [3.63, 3.8) is 0 Å². The van der Waals surface area contributed by atoms with Gasteiger partial charge in [-0.2, -0.15) is 0 Å². The lowest BCUT2D eigenvalue weighted by Gasteiger charge is -2.09. The summed E-state index contributed by atoms with van der Waals surface area (Å²) in [6.45, 7) is 8.53. The predicted molar refractivity (Wildman–Crippen MR) is 183 cm³/mol. The van der Waals surface area contributed by atoms with Crippen LogP contribution in [0.1, 0.15) is 51.4 Å². The second-order valence-corrected chi connectivity index (χ2v) is 12.5. The van der Waals surface area contributed by atoms with Crippen LogP contribution in [0.5, 0.6) is 11.5 Å². The Labute approximate surface area is 268 Å². The van der Waals surface area contributed by atoms with Gasteiger partial charge >= 0.3 is 5.97 Å². The highest BCUT2D eigenvalue weighted by atomic mass is 32.1. The number of thiophene rings is 2. The van der Waals surface area contributed by atoms with E-state index in [1.807, 2.05) is 24.3 Å². The quantitative estimate of drug-likeness (QED) is 0.0422. The fraction of sp³-hybridized carbons (Fsp3) is 0.297. The van der Waals surface area contributed by atoms with E-state index in [9.17, 15) is 9.59 Å². The number of carbonyl (C=O) groups is 2. The second-order valence-electron chi connectivity index (χ2n) is 10.3. The molecule has 0 saturated heterocycles. The van der Waals surface area contributed by atoms with Crippen LogP contribution in [0.3, 0.4) is 0 Å². The Morgan fingerprint density at radius 3 is 1.59 bits per heavy atom. The van der Waals surface area contributed by atoms with Gasteiger partial charge in [0.1, 0.15) is 23.9 Å². The van der Waals surface area contributed by atoms with Crippen LogP contribution in [0.4, 0.5) is 0 Å². The summed E-state index contributed by atoms with van der Waals surface area (Å²) in [5, 5.41) is 0. The van der Waals surface area contributed by atoms with E-state index in [4.69, 9.17) is 14.2 Å². The monoisotopic (exact) mass is 628 g/mol. The van der Waals surface area contributed by atoms with Crippen molar-refractivity contribution in [1.82, 2.24) is 0 Å². The molecule has 0 amide bonds. The van der Waals surface area contributed by atoms with E-state index in [0.717, 1.165) is 56.3 Å². The minimum atomic E-state index is -0.420. The number of aldehydes is 1. The Morgan fingerprint density at radius 2 is 1.11 bits per heavy atom. The van der Waals surface area contributed by atoms with Gasteiger partial charge in [-0.1, -0.05) is 13.2 Å². The highest BCUT2D eigenvalue weighted by Crippen LogP contribution is 2.40. The molecule has 2 heterocycles. The summed E-state index contributed by atoms with van der Waals surface area (Å²) in [6.07, 6.45) is 10.1. The first-order valence-electron chi connectivity index (χ1n) is 15.1. The van der Waals surface area contributed by atoms with Crippen molar-refractivity contribution in [2.24, 2.45) is 0 Å². The molecule has 0 atom stereocenters. The van der Waals surface area contributed by atoms with E-state index in [1.165, 1.54) is 30.6 Å². The van der Waals surface area contributed by atoms with Gasteiger partial charge in [0, 0.05) is 32.4 Å². The molecule has 4 rings (SSSR count). The van der Waals surface area contributed by atoms with Crippen LogP contribution in [0.25, 0.3) is 30.6 Å². The van der Waals surface area contributed by atoms with E-state index in [0.29, 0.717) is 26.1 Å². The molecule has 7 heteroatoms. The lowest BCUT2D eigenvalue weighted by molar-refractivity contribution is -0.145. The third-order valence-corrected chi connectivity index (χ3v) is 9.46. The lowest BCUT2D eigenvalue weighted by Crippen LogP contribution is -2.13. The van der Waals surface area contributed by atoms with Gasteiger partial charge in [-0.3, -0.25) is 4.79 Å². The van der Waals surface area contributed by atoms with Crippen molar-refractivity contribution in [2.45, 2.75) is 57.5 Å². The molecule has 2 aromatic heterocycles. The molecule has 0 bridgehead atoms. The fourth-order valence-corrected chi connectivity index (χ4v) is 6.63. The number of unbranched alkanes of at least 4 members (excludes halogenated alkanes) is 5. The van der Waals surface area contributed by atoms with Crippen molar-refractivity contribution in [2.75, 3.05) is 13.2 Å². The Morgan fingerprint density at radius 1 is 0.636 bits per heavy atom. The fourth-order valence-electron chi connectivity index (χ4n) is 4.52. The van der Waals surface area contributed by atoms with Gasteiger partial charge < -0.3 is 19.0 Å². The van der Waals surface area contributed by atoms with Gasteiger partial charge in [-0.25, -0.2) is 0 Å². The zero-order valence-electron chi connectivity index (χ0n) is 25.1. The molecule has 0 aliphatic rings. The van der Waals surface area contributed by atoms with Gasteiger partial charge in [-0.05, 0) is 135 Å². The number of esters is 1. The standard InChI is InChI=1S/C37H40O5S2/c1-3-30(4-2)42-37(39)12-8-7-11-27-41-32-19-15-29(16-20-32)34-22-24-36(44-34)35-23-21-33(43-35)28-13-17-31(18-14-28)40-26-10-6-5-9-25-38/h3-4,13-25,30H,1-2,5-12,26-27H2. The molecule has 4 aromatic rings. The van der Waals surface area contributed by atoms with Gasteiger partial charge in [-0.15, -0.1) is 22.7 Å². The van der Waals surface area contributed by atoms with E-state index < -0.39 is 6.10 Å². The smallest absolute Gasteiger partial charge is 0.306 e. The summed E-state index contributed by atoms with van der Waals surface area (Å²) in [5.74, 6) is 1.50. The molecule has 0 spiro atoms. The van der Waals surface area contributed by atoms with E-state index >= 15 is 0 Å². The summed E-state index contributed by atoms with van der Waals surface area (Å²) in [7, 11) is 0. The third kappa shape index (κ3) is 10.4. The van der Waals surface area contributed by atoms with Crippen molar-refractivity contribution in [3.05, 3.63) is 98.1 Å². The van der Waals surface area contributed by atoms with Crippen LogP contribution >= 0.6 is 22.7 Å². The summed E-state index contributed by atoms with van der Waals surface area (Å²) in [4.78, 5) is 27.2. The molecular weight excluding hydrogens is 589 g/mol. The van der Waals surface area contributed by atoms with E-state index in [1.54, 1.807) is 34.8 Å². The maximum absolute atomic E-state index is 11.8. The first kappa shape index (κ1) is 33.0. The minimum Gasteiger partial charge on any atom is -0.494 e. The third-order valence-electron chi connectivity index (χ3n) is 6.99. The van der Waals surface area contributed by atoms with Crippen LogP contribution in [-0.4, -0.2) is 31.6 Å². The molecular formula is C37H40O5S2. The second kappa shape index (κ2) is 18.0. The molecule has 44 heavy (non-hydrogen) atoms. The first-order valence-corrected chi connectivity index (χ1v) is 16.8. The van der Waals surface area contributed by atoms with Crippen LogP contribution in [0.15, 0.2) is 98.1 Å². The van der Waals surface area contributed by atoms with Crippen LogP contribution in [-0.2, 0) is 14.3 Å². The number of hydrogen-bond donors (Lipinski definition) is 0. The highest BCUT2D eigenvalue weighted by Gasteiger charge is 2.10. The van der Waals surface area contributed by atoms with Crippen molar-refractivity contribution >= 4 is 34.9 Å². The summed E-state index contributed by atoms with van der Waals surface area (Å²) >= 11 is 3.58. The summed E-state index contributed by atoms with van der Waals surface area (Å²) < 4.78 is 17.0. The lowest BCUT2D eigenvalue weighted by atomic mass is 10.2. The zero-order chi connectivity index (χ0) is 31.0. The van der Waals surface area contributed by atoms with Gasteiger partial charge in [0.25, 0.3) is 0 Å². The largest absolute Gasteiger partial charge is 0.494 e. The number of benzene rings is 2. The molecule has 0 fully saturated rings. The summed E-state index contributed by atoms with van der Waals surface area (Å²) in [5.41, 5.74) is 2.35. The molecule has 0 N–H and O–H groups in total. The molecule has 5 nitrogen and oxygen atoms in total. The zero-order valence-corrected chi connectivity index (χ0v) is 26.7. The molecule has 0 radical (unpaired) electrons. The Kier molecular flexibility index (Phi) is 13.5.